The number of rotatable bonds is 6. The summed E-state index contributed by atoms with van der Waals surface area (Å²) < 4.78 is 0. The third-order valence-electron chi connectivity index (χ3n) is 3.40. The van der Waals surface area contributed by atoms with Gasteiger partial charge in [-0.25, -0.2) is 4.99 Å². The standard InChI is InChI=1S/C20H19N3S2/c1-4-5-6-7-8-10-14(2)23-20-18(19(22)17(13-21)25-20)15(3)16-11-9-12-24-16/h4-9,11-12H,1-2,10,22H2,3H3/b6-5-,8-7-,18-15+,23-20?. The molecule has 0 unspecified atom stereocenters. The maximum absolute atomic E-state index is 9.31. The largest absolute Gasteiger partial charge is 0.397 e. The van der Waals surface area contributed by atoms with Gasteiger partial charge in [-0.05, 0) is 23.9 Å². The molecule has 1 aliphatic heterocycles. The summed E-state index contributed by atoms with van der Waals surface area (Å²) in [5.74, 6) is 0. The van der Waals surface area contributed by atoms with Gasteiger partial charge in [0.25, 0.3) is 0 Å². The quantitative estimate of drug-likeness (QED) is 0.671. The van der Waals surface area contributed by atoms with Crippen molar-refractivity contribution in [1.29, 1.82) is 5.26 Å². The van der Waals surface area contributed by atoms with E-state index in [0.717, 1.165) is 21.1 Å². The van der Waals surface area contributed by atoms with Crippen molar-refractivity contribution < 1.29 is 0 Å². The SMILES string of the molecule is C=C/C=C\C=C/CC(=C)N=C1SC(C#N)=C(N)/C1=C(/C)c1cccs1. The molecule has 0 bridgehead atoms. The van der Waals surface area contributed by atoms with Crippen LogP contribution in [0.25, 0.3) is 5.57 Å². The number of hydrogen-bond donors (Lipinski definition) is 1. The van der Waals surface area contributed by atoms with Gasteiger partial charge in [0.1, 0.15) is 16.0 Å². The number of allylic oxidation sites excluding steroid dienone is 8. The van der Waals surface area contributed by atoms with Gasteiger partial charge in [0.15, 0.2) is 0 Å². The van der Waals surface area contributed by atoms with Gasteiger partial charge in [-0.3, -0.25) is 0 Å². The van der Waals surface area contributed by atoms with E-state index >= 15 is 0 Å². The molecule has 1 aromatic heterocycles. The average molecular weight is 366 g/mol. The highest BCUT2D eigenvalue weighted by molar-refractivity contribution is 8.18. The van der Waals surface area contributed by atoms with Crippen LogP contribution < -0.4 is 5.73 Å². The number of nitrogens with two attached hydrogens (primary N) is 1. The molecule has 5 heteroatoms. The van der Waals surface area contributed by atoms with Crippen molar-refractivity contribution in [2.75, 3.05) is 0 Å². The average Bonchev–Trinajstić information content (AvgIpc) is 3.22. The van der Waals surface area contributed by atoms with E-state index in [1.54, 1.807) is 17.4 Å². The first-order chi connectivity index (χ1) is 12.1. The van der Waals surface area contributed by atoms with Crippen LogP contribution in [0.1, 0.15) is 18.2 Å². The van der Waals surface area contributed by atoms with Crippen LogP contribution in [-0.4, -0.2) is 5.04 Å². The van der Waals surface area contributed by atoms with Crippen molar-refractivity contribution in [3.8, 4) is 6.07 Å². The monoisotopic (exact) mass is 365 g/mol. The molecule has 1 aromatic rings. The Labute approximate surface area is 157 Å². The fourth-order valence-corrected chi connectivity index (χ4v) is 3.92. The molecular formula is C20H19N3S2. The van der Waals surface area contributed by atoms with Crippen LogP contribution in [0.3, 0.4) is 0 Å². The minimum absolute atomic E-state index is 0.488. The van der Waals surface area contributed by atoms with Crippen molar-refractivity contribution in [2.24, 2.45) is 10.7 Å². The van der Waals surface area contributed by atoms with Crippen molar-refractivity contribution in [3.05, 3.63) is 87.8 Å². The van der Waals surface area contributed by atoms with Crippen molar-refractivity contribution in [3.63, 3.8) is 0 Å². The van der Waals surface area contributed by atoms with Gasteiger partial charge in [-0.1, -0.05) is 61.4 Å². The van der Waals surface area contributed by atoms with Crippen LogP contribution in [-0.2, 0) is 0 Å². The summed E-state index contributed by atoms with van der Waals surface area (Å²) in [6.45, 7) is 9.64. The summed E-state index contributed by atoms with van der Waals surface area (Å²) in [4.78, 5) is 6.22. The molecule has 0 fully saturated rings. The van der Waals surface area contributed by atoms with E-state index < -0.39 is 0 Å². The Hall–Kier alpha value is -2.55. The van der Waals surface area contributed by atoms with Gasteiger partial charge in [0.05, 0.1) is 5.70 Å². The predicted molar refractivity (Wildman–Crippen MR) is 111 cm³/mol. The van der Waals surface area contributed by atoms with Gasteiger partial charge in [0, 0.05) is 22.6 Å². The Bertz CT molecular complexity index is 857. The van der Waals surface area contributed by atoms with Crippen molar-refractivity contribution in [2.45, 2.75) is 13.3 Å². The lowest BCUT2D eigenvalue weighted by Crippen LogP contribution is -2.05. The molecule has 2 heterocycles. The third kappa shape index (κ3) is 4.72. The number of hydrogen-bond acceptors (Lipinski definition) is 5. The molecule has 0 radical (unpaired) electrons. The van der Waals surface area contributed by atoms with Gasteiger partial charge >= 0.3 is 0 Å². The first-order valence-corrected chi connectivity index (χ1v) is 9.32. The van der Waals surface area contributed by atoms with E-state index in [-0.39, 0.29) is 0 Å². The van der Waals surface area contributed by atoms with E-state index in [9.17, 15) is 5.26 Å². The Morgan fingerprint density at radius 3 is 2.84 bits per heavy atom. The van der Waals surface area contributed by atoms with Crippen LogP contribution in [0, 0.1) is 11.3 Å². The minimum atomic E-state index is 0.488. The molecule has 0 saturated carbocycles. The Morgan fingerprint density at radius 1 is 1.40 bits per heavy atom. The molecule has 3 nitrogen and oxygen atoms in total. The van der Waals surface area contributed by atoms with Gasteiger partial charge in [-0.2, -0.15) is 5.26 Å². The molecule has 0 atom stereocenters. The number of nitriles is 1. The second-order valence-corrected chi connectivity index (χ2v) is 7.12. The second-order valence-electron chi connectivity index (χ2n) is 5.17. The molecule has 2 N–H and O–H groups in total. The zero-order chi connectivity index (χ0) is 18.2. The molecule has 0 amide bonds. The summed E-state index contributed by atoms with van der Waals surface area (Å²) in [6.07, 6.45) is 10.00. The van der Waals surface area contributed by atoms with Gasteiger partial charge in [-0.15, -0.1) is 11.3 Å². The fraction of sp³-hybridized carbons (Fsp3) is 0.100. The number of thiophene rings is 1. The van der Waals surface area contributed by atoms with E-state index in [1.807, 2.05) is 48.7 Å². The molecule has 0 spiro atoms. The van der Waals surface area contributed by atoms with E-state index in [0.29, 0.717) is 22.7 Å². The lowest BCUT2D eigenvalue weighted by Gasteiger charge is -2.07. The molecule has 25 heavy (non-hydrogen) atoms. The van der Waals surface area contributed by atoms with E-state index in [4.69, 9.17) is 5.73 Å². The highest BCUT2D eigenvalue weighted by Crippen LogP contribution is 2.40. The summed E-state index contributed by atoms with van der Waals surface area (Å²) in [5.41, 5.74) is 9.28. The van der Waals surface area contributed by atoms with Crippen LogP contribution in [0.15, 0.2) is 87.9 Å². The molecular weight excluding hydrogens is 346 g/mol. The van der Waals surface area contributed by atoms with E-state index in [1.165, 1.54) is 11.8 Å². The number of nitrogens with zero attached hydrogens (tertiary/aromatic N) is 2. The van der Waals surface area contributed by atoms with Crippen molar-refractivity contribution >= 4 is 33.7 Å². The molecule has 0 saturated heterocycles. The fourth-order valence-electron chi connectivity index (χ4n) is 2.19. The zero-order valence-electron chi connectivity index (χ0n) is 14.0. The zero-order valence-corrected chi connectivity index (χ0v) is 15.7. The minimum Gasteiger partial charge on any atom is -0.397 e. The topological polar surface area (TPSA) is 62.2 Å². The number of aliphatic imine (C=N–C) groups is 1. The van der Waals surface area contributed by atoms with Gasteiger partial charge < -0.3 is 5.73 Å². The molecule has 0 aromatic carbocycles. The first kappa shape index (κ1) is 18.8. The lowest BCUT2D eigenvalue weighted by atomic mass is 10.1. The third-order valence-corrected chi connectivity index (χ3v) is 5.39. The maximum Gasteiger partial charge on any atom is 0.115 e. The summed E-state index contributed by atoms with van der Waals surface area (Å²) >= 11 is 2.94. The highest BCUT2D eigenvalue weighted by Gasteiger charge is 2.27. The predicted octanol–water partition coefficient (Wildman–Crippen LogP) is 5.56. The highest BCUT2D eigenvalue weighted by atomic mass is 32.2. The molecule has 2 rings (SSSR count). The molecule has 126 valence electrons. The molecule has 0 aliphatic carbocycles. The normalized spacial score (nSPS) is 18.3. The Balaban J connectivity index is 2.30. The smallest absolute Gasteiger partial charge is 0.115 e. The first-order valence-electron chi connectivity index (χ1n) is 7.62. The van der Waals surface area contributed by atoms with Crippen LogP contribution >= 0.6 is 23.1 Å². The van der Waals surface area contributed by atoms with E-state index in [2.05, 4.69) is 24.2 Å². The Morgan fingerprint density at radius 2 is 2.20 bits per heavy atom. The van der Waals surface area contributed by atoms with Gasteiger partial charge in [0.2, 0.25) is 0 Å². The maximum atomic E-state index is 9.31. The summed E-state index contributed by atoms with van der Waals surface area (Å²) in [6, 6.07) is 6.19. The summed E-state index contributed by atoms with van der Waals surface area (Å²) in [7, 11) is 0. The lowest BCUT2D eigenvalue weighted by molar-refractivity contribution is 1.18. The van der Waals surface area contributed by atoms with Crippen molar-refractivity contribution in [1.82, 2.24) is 0 Å². The van der Waals surface area contributed by atoms with Crippen LogP contribution in [0.5, 0.6) is 0 Å². The second kappa shape index (κ2) is 9.07. The number of thioether (sulfide) groups is 1. The van der Waals surface area contributed by atoms with Crippen LogP contribution in [0.4, 0.5) is 0 Å². The molecule has 1 aliphatic rings. The Kier molecular flexibility index (Phi) is 6.81. The van der Waals surface area contributed by atoms with Crippen LogP contribution in [0.2, 0.25) is 0 Å². The summed E-state index contributed by atoms with van der Waals surface area (Å²) in [5, 5.41) is 12.1.